The maximum absolute atomic E-state index is 12.0. The Morgan fingerprint density at radius 3 is 2.70 bits per heavy atom. The summed E-state index contributed by atoms with van der Waals surface area (Å²) < 4.78 is 3.94. The first kappa shape index (κ1) is 20.9. The number of nitrogens with one attached hydrogen (secondary N) is 2. The van der Waals surface area contributed by atoms with E-state index >= 15 is 0 Å². The molecule has 1 amide bonds. The number of likely N-dealkylation sites (tertiary alicyclic amines) is 1. The fourth-order valence-corrected chi connectivity index (χ4v) is 3.96. The van der Waals surface area contributed by atoms with Crippen LogP contribution in [-0.4, -0.2) is 59.5 Å². The molecule has 0 spiro atoms. The van der Waals surface area contributed by atoms with Crippen LogP contribution in [0.4, 0.5) is 17.5 Å². The lowest BCUT2D eigenvalue weighted by Crippen LogP contribution is -2.28. The van der Waals surface area contributed by atoms with Gasteiger partial charge >= 0.3 is 0 Å². The highest BCUT2D eigenvalue weighted by Crippen LogP contribution is 2.24. The summed E-state index contributed by atoms with van der Waals surface area (Å²) >= 11 is 0. The van der Waals surface area contributed by atoms with E-state index in [-0.39, 0.29) is 5.91 Å². The smallest absolute Gasteiger partial charge is 0.231 e. The average Bonchev–Trinajstić information content (AvgIpc) is 3.58. The zero-order valence-electron chi connectivity index (χ0n) is 18.6. The molecule has 0 saturated carbocycles. The molecular weight excluding hydrogens is 418 g/mol. The second-order valence-electron chi connectivity index (χ2n) is 8.06. The molecule has 170 valence electrons. The minimum Gasteiger partial charge on any atom is -0.368 e. The van der Waals surface area contributed by atoms with Crippen LogP contribution >= 0.6 is 0 Å². The van der Waals surface area contributed by atoms with Crippen molar-refractivity contribution in [3.63, 3.8) is 0 Å². The van der Waals surface area contributed by atoms with Gasteiger partial charge in [0.2, 0.25) is 11.9 Å². The number of hydrogen-bond donors (Lipinski definition) is 2. The van der Waals surface area contributed by atoms with E-state index in [1.165, 1.54) is 0 Å². The lowest BCUT2D eigenvalue weighted by Gasteiger charge is -2.16. The van der Waals surface area contributed by atoms with Crippen LogP contribution < -0.4 is 10.6 Å². The Morgan fingerprint density at radius 2 is 1.97 bits per heavy atom. The Balaban J connectivity index is 1.40. The Morgan fingerprint density at radius 1 is 1.09 bits per heavy atom. The standard InChI is InChI=1S/C23H27N9O/c1-2-9-25-21-20-22(32(16-26-20)14-13-30-11-3-4-19(30)33)29-23(28-21)27-17-5-7-18(8-6-17)31-12-10-24-15-31/h5-8,10,12,15-16H,2-4,9,11,13-14H2,1H3,(H2,25,27,28,29). The number of aromatic nitrogens is 6. The predicted molar refractivity (Wildman–Crippen MR) is 127 cm³/mol. The number of carbonyl (C=O) groups is 1. The average molecular weight is 446 g/mol. The lowest BCUT2D eigenvalue weighted by molar-refractivity contribution is -0.127. The highest BCUT2D eigenvalue weighted by molar-refractivity contribution is 5.84. The molecule has 0 radical (unpaired) electrons. The first-order valence-corrected chi connectivity index (χ1v) is 11.3. The summed E-state index contributed by atoms with van der Waals surface area (Å²) in [6.07, 6.45) is 9.76. The van der Waals surface area contributed by atoms with Gasteiger partial charge in [-0.3, -0.25) is 4.79 Å². The number of carbonyl (C=O) groups excluding carboxylic acids is 1. The summed E-state index contributed by atoms with van der Waals surface area (Å²) in [5, 5.41) is 6.68. The Bertz CT molecular complexity index is 1230. The predicted octanol–water partition coefficient (Wildman–Crippen LogP) is 3.20. The van der Waals surface area contributed by atoms with Gasteiger partial charge in [0, 0.05) is 56.4 Å². The van der Waals surface area contributed by atoms with Crippen molar-refractivity contribution in [1.29, 1.82) is 0 Å². The van der Waals surface area contributed by atoms with Gasteiger partial charge in [-0.15, -0.1) is 0 Å². The molecule has 2 N–H and O–H groups in total. The second-order valence-corrected chi connectivity index (χ2v) is 8.06. The van der Waals surface area contributed by atoms with E-state index in [0.29, 0.717) is 31.3 Å². The van der Waals surface area contributed by atoms with Gasteiger partial charge < -0.3 is 24.7 Å². The van der Waals surface area contributed by atoms with E-state index in [9.17, 15) is 4.79 Å². The molecule has 1 aliphatic rings. The molecule has 4 heterocycles. The van der Waals surface area contributed by atoms with Gasteiger partial charge in [-0.05, 0) is 37.1 Å². The number of benzene rings is 1. The van der Waals surface area contributed by atoms with Crippen LogP contribution in [0.25, 0.3) is 16.9 Å². The minimum atomic E-state index is 0.223. The van der Waals surface area contributed by atoms with Crippen LogP contribution in [0.2, 0.25) is 0 Å². The molecular formula is C23H27N9O. The molecule has 0 bridgehead atoms. The van der Waals surface area contributed by atoms with Crippen molar-refractivity contribution in [2.75, 3.05) is 30.3 Å². The largest absolute Gasteiger partial charge is 0.368 e. The highest BCUT2D eigenvalue weighted by Gasteiger charge is 2.20. The second kappa shape index (κ2) is 9.27. The fraction of sp³-hybridized carbons (Fsp3) is 0.348. The van der Waals surface area contributed by atoms with E-state index in [0.717, 1.165) is 48.5 Å². The first-order chi connectivity index (χ1) is 16.2. The van der Waals surface area contributed by atoms with Crippen LogP contribution in [0.1, 0.15) is 26.2 Å². The fourth-order valence-electron chi connectivity index (χ4n) is 3.96. The Hall–Kier alpha value is -3.95. The highest BCUT2D eigenvalue weighted by atomic mass is 16.2. The van der Waals surface area contributed by atoms with Crippen LogP contribution in [0, 0.1) is 0 Å². The van der Waals surface area contributed by atoms with Crippen molar-refractivity contribution >= 4 is 34.5 Å². The van der Waals surface area contributed by atoms with Crippen molar-refractivity contribution in [1.82, 2.24) is 34.0 Å². The third-order valence-electron chi connectivity index (χ3n) is 5.71. The van der Waals surface area contributed by atoms with Crippen molar-refractivity contribution < 1.29 is 4.79 Å². The molecule has 1 saturated heterocycles. The molecule has 0 atom stereocenters. The molecule has 33 heavy (non-hydrogen) atoms. The van der Waals surface area contributed by atoms with Crippen LogP contribution in [0.3, 0.4) is 0 Å². The van der Waals surface area contributed by atoms with Gasteiger partial charge in [-0.25, -0.2) is 9.97 Å². The molecule has 10 heteroatoms. The van der Waals surface area contributed by atoms with Crippen molar-refractivity contribution in [3.8, 4) is 5.69 Å². The van der Waals surface area contributed by atoms with Gasteiger partial charge in [-0.1, -0.05) is 6.92 Å². The van der Waals surface area contributed by atoms with Gasteiger partial charge in [-0.2, -0.15) is 9.97 Å². The number of rotatable bonds is 9. The zero-order chi connectivity index (χ0) is 22.6. The summed E-state index contributed by atoms with van der Waals surface area (Å²) in [4.78, 5) is 32.0. The number of fused-ring (bicyclic) bond motifs is 1. The van der Waals surface area contributed by atoms with Crippen molar-refractivity contribution in [2.24, 2.45) is 0 Å². The monoisotopic (exact) mass is 445 g/mol. The van der Waals surface area contributed by atoms with E-state index in [2.05, 4.69) is 32.5 Å². The molecule has 4 aromatic rings. The van der Waals surface area contributed by atoms with Crippen LogP contribution in [0.15, 0.2) is 49.3 Å². The number of imidazole rings is 2. The van der Waals surface area contributed by atoms with Gasteiger partial charge in [0.25, 0.3) is 0 Å². The maximum atomic E-state index is 12.0. The number of nitrogens with zero attached hydrogens (tertiary/aromatic N) is 7. The van der Waals surface area contributed by atoms with Crippen molar-refractivity contribution in [3.05, 3.63) is 49.3 Å². The number of anilines is 3. The SMILES string of the molecule is CCCNc1nc(Nc2ccc(-n3ccnc3)cc2)nc2c1ncn2CCN1CCCC1=O. The third kappa shape index (κ3) is 4.50. The van der Waals surface area contributed by atoms with E-state index < -0.39 is 0 Å². The van der Waals surface area contributed by atoms with Crippen LogP contribution in [-0.2, 0) is 11.3 Å². The lowest BCUT2D eigenvalue weighted by atomic mass is 10.3. The zero-order valence-corrected chi connectivity index (χ0v) is 18.6. The summed E-state index contributed by atoms with van der Waals surface area (Å²) in [6.45, 7) is 5.03. The van der Waals surface area contributed by atoms with E-state index in [1.807, 2.05) is 44.5 Å². The third-order valence-corrected chi connectivity index (χ3v) is 5.71. The molecule has 1 fully saturated rings. The molecule has 1 aromatic carbocycles. The normalized spacial score (nSPS) is 13.7. The number of hydrogen-bond acceptors (Lipinski definition) is 7. The summed E-state index contributed by atoms with van der Waals surface area (Å²) in [7, 11) is 0. The number of amides is 1. The molecule has 5 rings (SSSR count). The van der Waals surface area contributed by atoms with Crippen molar-refractivity contribution in [2.45, 2.75) is 32.7 Å². The van der Waals surface area contributed by atoms with E-state index in [1.54, 1.807) is 18.9 Å². The summed E-state index contributed by atoms with van der Waals surface area (Å²) in [5.41, 5.74) is 3.38. The Kier molecular flexibility index (Phi) is 5.88. The van der Waals surface area contributed by atoms with Gasteiger partial charge in [0.1, 0.15) is 0 Å². The molecule has 3 aromatic heterocycles. The molecule has 0 unspecified atom stereocenters. The minimum absolute atomic E-state index is 0.223. The Labute approximate surface area is 191 Å². The van der Waals surface area contributed by atoms with Gasteiger partial charge in [0.05, 0.1) is 12.7 Å². The maximum Gasteiger partial charge on any atom is 0.231 e. The van der Waals surface area contributed by atoms with Gasteiger partial charge in [0.15, 0.2) is 17.0 Å². The summed E-state index contributed by atoms with van der Waals surface area (Å²) in [6, 6.07) is 7.99. The first-order valence-electron chi connectivity index (χ1n) is 11.3. The molecule has 0 aliphatic carbocycles. The molecule has 1 aliphatic heterocycles. The summed E-state index contributed by atoms with van der Waals surface area (Å²) in [5.74, 6) is 1.42. The van der Waals surface area contributed by atoms with Crippen LogP contribution in [0.5, 0.6) is 0 Å². The topological polar surface area (TPSA) is 106 Å². The van der Waals surface area contributed by atoms with E-state index in [4.69, 9.17) is 4.98 Å². The molecule has 10 nitrogen and oxygen atoms in total. The quantitative estimate of drug-likeness (QED) is 0.407.